The van der Waals surface area contributed by atoms with Gasteiger partial charge in [-0.25, -0.2) is 8.42 Å². The minimum Gasteiger partial charge on any atom is -0.497 e. The van der Waals surface area contributed by atoms with Crippen LogP contribution in [0.5, 0.6) is 5.75 Å². The Kier molecular flexibility index (Phi) is 9.15. The van der Waals surface area contributed by atoms with Crippen molar-refractivity contribution in [1.82, 2.24) is 10.2 Å². The molecule has 3 aromatic rings. The average molecular weight is 644 g/mol. The first-order valence-electron chi connectivity index (χ1n) is 16.3. The number of anilines is 1. The van der Waals surface area contributed by atoms with Crippen molar-refractivity contribution in [3.63, 3.8) is 0 Å². The maximum Gasteiger partial charge on any atom is 0.244 e. The second kappa shape index (κ2) is 13.1. The fraction of sp³-hybridized carbons (Fsp3) is 0.459. The van der Waals surface area contributed by atoms with Crippen LogP contribution in [0.1, 0.15) is 55.2 Å². The predicted octanol–water partition coefficient (Wildman–Crippen LogP) is 5.32. The van der Waals surface area contributed by atoms with Gasteiger partial charge in [0.05, 0.1) is 19.1 Å². The number of likely N-dealkylation sites (N-methyl/N-ethyl adjacent to an activating group) is 1. The summed E-state index contributed by atoms with van der Waals surface area (Å²) in [5, 5.41) is 2.72. The molecule has 46 heavy (non-hydrogen) atoms. The van der Waals surface area contributed by atoms with Crippen molar-refractivity contribution in [2.75, 3.05) is 31.3 Å². The number of hydrogen-bond acceptors (Lipinski definition) is 5. The van der Waals surface area contributed by atoms with E-state index in [-0.39, 0.29) is 24.3 Å². The average Bonchev–Trinajstić information content (AvgIpc) is 3.04. The molecule has 244 valence electrons. The Hall–Kier alpha value is -3.85. The molecular weight excluding hydrogens is 598 g/mol. The molecule has 1 N–H and O–H groups in total. The summed E-state index contributed by atoms with van der Waals surface area (Å²) in [6, 6.07) is 23.9. The SMILES string of the molecule is CNC(=O)[C@H](Cc1ccccc1)N(Cc1cccc(OC)c1)C(=O)CN(c1ccc(C23CC4CC(CC(C4)C2)C3)cc1)S(C)(=O)=O. The summed E-state index contributed by atoms with van der Waals surface area (Å²) in [5.74, 6) is 2.23. The van der Waals surface area contributed by atoms with Gasteiger partial charge in [-0.1, -0.05) is 54.6 Å². The minimum atomic E-state index is -3.83. The largest absolute Gasteiger partial charge is 0.497 e. The Morgan fingerprint density at radius 2 is 1.50 bits per heavy atom. The van der Waals surface area contributed by atoms with Crippen molar-refractivity contribution in [2.24, 2.45) is 17.8 Å². The summed E-state index contributed by atoms with van der Waals surface area (Å²) in [5.41, 5.74) is 3.58. The van der Waals surface area contributed by atoms with Gasteiger partial charge < -0.3 is 15.0 Å². The van der Waals surface area contributed by atoms with E-state index in [2.05, 4.69) is 17.4 Å². The zero-order valence-corrected chi connectivity index (χ0v) is 27.8. The molecule has 8 nitrogen and oxygen atoms in total. The Bertz CT molecular complexity index is 1620. The number of benzene rings is 3. The van der Waals surface area contributed by atoms with Crippen LogP contribution in [0, 0.1) is 17.8 Å². The Morgan fingerprint density at radius 3 is 2.07 bits per heavy atom. The zero-order chi connectivity index (χ0) is 32.5. The summed E-state index contributed by atoms with van der Waals surface area (Å²) in [7, 11) is -0.716. The fourth-order valence-electron chi connectivity index (χ4n) is 8.75. The highest BCUT2D eigenvalue weighted by Gasteiger charge is 2.51. The molecule has 4 saturated carbocycles. The van der Waals surface area contributed by atoms with Crippen molar-refractivity contribution < 1.29 is 22.7 Å². The normalized spacial score (nSPS) is 23.8. The molecular formula is C37H45N3O5S. The van der Waals surface area contributed by atoms with Crippen LogP contribution in [0.3, 0.4) is 0 Å². The maximum absolute atomic E-state index is 14.3. The number of carbonyl (C=O) groups is 2. The number of methoxy groups -OCH3 is 1. The molecule has 4 aliphatic rings. The molecule has 4 aliphatic carbocycles. The van der Waals surface area contributed by atoms with E-state index >= 15 is 0 Å². The number of ether oxygens (including phenoxy) is 1. The van der Waals surface area contributed by atoms with Crippen LogP contribution < -0.4 is 14.4 Å². The highest BCUT2D eigenvalue weighted by atomic mass is 32.2. The summed E-state index contributed by atoms with van der Waals surface area (Å²) >= 11 is 0. The predicted molar refractivity (Wildman–Crippen MR) is 180 cm³/mol. The lowest BCUT2D eigenvalue weighted by molar-refractivity contribution is -0.139. The first-order chi connectivity index (χ1) is 22.1. The first-order valence-corrected chi connectivity index (χ1v) is 18.2. The quantitative estimate of drug-likeness (QED) is 0.289. The Labute approximate surface area is 273 Å². The molecule has 7 rings (SSSR count). The van der Waals surface area contributed by atoms with E-state index in [9.17, 15) is 18.0 Å². The van der Waals surface area contributed by atoms with Crippen LogP contribution in [-0.4, -0.2) is 58.1 Å². The highest BCUT2D eigenvalue weighted by Crippen LogP contribution is 2.60. The molecule has 0 unspecified atom stereocenters. The van der Waals surface area contributed by atoms with Gasteiger partial charge in [-0.3, -0.25) is 13.9 Å². The van der Waals surface area contributed by atoms with E-state index in [1.807, 2.05) is 66.7 Å². The number of nitrogens with one attached hydrogen (secondary N) is 1. The van der Waals surface area contributed by atoms with Gasteiger partial charge in [0.25, 0.3) is 0 Å². The number of nitrogens with zero attached hydrogens (tertiary/aromatic N) is 2. The second-order valence-electron chi connectivity index (χ2n) is 13.7. The summed E-state index contributed by atoms with van der Waals surface area (Å²) in [6.45, 7) is -0.328. The zero-order valence-electron chi connectivity index (χ0n) is 27.0. The number of hydrogen-bond donors (Lipinski definition) is 1. The van der Waals surface area contributed by atoms with Crippen LogP contribution >= 0.6 is 0 Å². The number of sulfonamides is 1. The maximum atomic E-state index is 14.3. The van der Waals surface area contributed by atoms with Crippen molar-refractivity contribution >= 4 is 27.5 Å². The summed E-state index contributed by atoms with van der Waals surface area (Å²) in [4.78, 5) is 29.1. The van der Waals surface area contributed by atoms with Crippen molar-refractivity contribution in [3.8, 4) is 5.75 Å². The van der Waals surface area contributed by atoms with Crippen LogP contribution in [0.25, 0.3) is 0 Å². The molecule has 9 heteroatoms. The molecule has 4 bridgehead atoms. The van der Waals surface area contributed by atoms with Crippen LogP contribution in [0.4, 0.5) is 5.69 Å². The number of amides is 2. The van der Waals surface area contributed by atoms with Crippen LogP contribution in [0.15, 0.2) is 78.9 Å². The van der Waals surface area contributed by atoms with Crippen LogP contribution in [-0.2, 0) is 38.0 Å². The van der Waals surface area contributed by atoms with E-state index in [1.54, 1.807) is 14.2 Å². The third kappa shape index (κ3) is 6.80. The van der Waals surface area contributed by atoms with E-state index in [4.69, 9.17) is 4.74 Å². The molecule has 0 spiro atoms. The molecule has 0 radical (unpaired) electrons. The molecule has 0 saturated heterocycles. The lowest BCUT2D eigenvalue weighted by Gasteiger charge is -2.57. The van der Waals surface area contributed by atoms with Gasteiger partial charge in [0.15, 0.2) is 0 Å². The smallest absolute Gasteiger partial charge is 0.244 e. The molecule has 0 heterocycles. The highest BCUT2D eigenvalue weighted by molar-refractivity contribution is 7.92. The van der Waals surface area contributed by atoms with E-state index < -0.39 is 28.5 Å². The molecule has 3 aromatic carbocycles. The standard InChI is InChI=1S/C37H45N3O5S/c1-38-36(42)34(20-26-8-5-4-6-9-26)39(24-27-10-7-11-33(19-27)45-2)35(41)25-40(46(3,43)44)32-14-12-31(13-15-32)37-21-28-16-29(22-37)18-30(17-28)23-37/h4-15,19,28-30,34H,16-18,20-25H2,1-3H3,(H,38,42)/t28?,29?,30?,34-,37?/m0/s1. The Morgan fingerprint density at radius 1 is 0.891 bits per heavy atom. The summed E-state index contributed by atoms with van der Waals surface area (Å²) < 4.78 is 33.1. The second-order valence-corrected chi connectivity index (χ2v) is 15.6. The summed E-state index contributed by atoms with van der Waals surface area (Å²) in [6.07, 6.45) is 9.11. The van der Waals surface area contributed by atoms with Crippen molar-refractivity contribution in [1.29, 1.82) is 0 Å². The van der Waals surface area contributed by atoms with Gasteiger partial charge in [-0.2, -0.15) is 0 Å². The molecule has 0 aromatic heterocycles. The van der Waals surface area contributed by atoms with E-state index in [0.29, 0.717) is 11.4 Å². The van der Waals surface area contributed by atoms with Gasteiger partial charge >= 0.3 is 0 Å². The van der Waals surface area contributed by atoms with Gasteiger partial charge in [-0.05, 0) is 103 Å². The van der Waals surface area contributed by atoms with Crippen LogP contribution in [0.2, 0.25) is 0 Å². The van der Waals surface area contributed by atoms with Gasteiger partial charge in [0.2, 0.25) is 21.8 Å². The van der Waals surface area contributed by atoms with Crippen molar-refractivity contribution in [3.05, 3.63) is 95.6 Å². The molecule has 1 atom stereocenters. The van der Waals surface area contributed by atoms with Gasteiger partial charge in [-0.15, -0.1) is 0 Å². The topological polar surface area (TPSA) is 96.0 Å². The number of carbonyl (C=O) groups excluding carboxylic acids is 2. The lowest BCUT2D eigenvalue weighted by atomic mass is 9.48. The molecule has 0 aliphatic heterocycles. The third-order valence-electron chi connectivity index (χ3n) is 10.5. The van der Waals surface area contributed by atoms with Gasteiger partial charge in [0, 0.05) is 20.0 Å². The first kappa shape index (κ1) is 32.1. The minimum absolute atomic E-state index is 0.101. The number of rotatable bonds is 12. The third-order valence-corrected chi connectivity index (χ3v) is 11.6. The van der Waals surface area contributed by atoms with E-state index in [0.717, 1.165) is 35.1 Å². The monoisotopic (exact) mass is 643 g/mol. The van der Waals surface area contributed by atoms with E-state index in [1.165, 1.54) is 53.3 Å². The molecule has 4 fully saturated rings. The molecule has 2 amide bonds. The van der Waals surface area contributed by atoms with Gasteiger partial charge in [0.1, 0.15) is 18.3 Å². The fourth-order valence-corrected chi connectivity index (χ4v) is 9.60. The lowest BCUT2D eigenvalue weighted by Crippen LogP contribution is -2.52. The van der Waals surface area contributed by atoms with Crippen molar-refractivity contribution in [2.45, 2.75) is 62.9 Å². The Balaban J connectivity index is 1.30.